The summed E-state index contributed by atoms with van der Waals surface area (Å²) in [7, 11) is 0. The Balaban J connectivity index is 1.63. The average molecular weight is 371 g/mol. The van der Waals surface area contributed by atoms with Crippen LogP contribution in [-0.4, -0.2) is 16.0 Å². The lowest BCUT2D eigenvalue weighted by molar-refractivity contribution is 0.630. The van der Waals surface area contributed by atoms with Crippen molar-refractivity contribution in [2.45, 2.75) is 25.8 Å². The topological polar surface area (TPSA) is 37.8 Å². The largest absolute Gasteiger partial charge is 0.367 e. The van der Waals surface area contributed by atoms with Gasteiger partial charge in [0.2, 0.25) is 0 Å². The first kappa shape index (κ1) is 18.1. The smallest absolute Gasteiger partial charge is 0.165 e. The Labute approximate surface area is 164 Å². The summed E-state index contributed by atoms with van der Waals surface area (Å²) in [6, 6.07) is 25.1. The van der Waals surface area contributed by atoms with Gasteiger partial charge in [-0.3, -0.25) is 0 Å². The van der Waals surface area contributed by atoms with Crippen molar-refractivity contribution in [1.82, 2.24) is 9.97 Å². The summed E-state index contributed by atoms with van der Waals surface area (Å²) in [5.74, 6) is 0.819. The fourth-order valence-corrected chi connectivity index (χ4v) is 3.28. The van der Waals surface area contributed by atoms with Gasteiger partial charge < -0.3 is 5.32 Å². The Morgan fingerprint density at radius 2 is 1.57 bits per heavy atom. The minimum absolute atomic E-state index is 0.215. The third kappa shape index (κ3) is 4.01. The second-order valence-corrected chi connectivity index (χ2v) is 6.96. The molecule has 28 heavy (non-hydrogen) atoms. The first-order valence-corrected chi connectivity index (χ1v) is 9.53. The highest BCUT2D eigenvalue weighted by Crippen LogP contribution is 2.27. The number of hydrogen-bond acceptors (Lipinski definition) is 3. The summed E-state index contributed by atoms with van der Waals surface area (Å²) in [4.78, 5) is 9.24. The highest BCUT2D eigenvalue weighted by Gasteiger charge is 2.13. The predicted molar refractivity (Wildman–Crippen MR) is 113 cm³/mol. The third-order valence-corrected chi connectivity index (χ3v) is 4.81. The molecular formula is C24H22FN3. The summed E-state index contributed by atoms with van der Waals surface area (Å²) < 4.78 is 14.3. The number of nitrogens with zero attached hydrogens (tertiary/aromatic N) is 2. The molecular weight excluding hydrogens is 349 g/mol. The van der Waals surface area contributed by atoms with E-state index in [2.05, 4.69) is 46.5 Å². The quantitative estimate of drug-likeness (QED) is 0.461. The molecule has 3 nitrogen and oxygen atoms in total. The minimum atomic E-state index is -0.319. The van der Waals surface area contributed by atoms with E-state index >= 15 is 0 Å². The van der Waals surface area contributed by atoms with Gasteiger partial charge in [-0.2, -0.15) is 0 Å². The van der Waals surface area contributed by atoms with Crippen molar-refractivity contribution >= 4 is 16.7 Å². The molecule has 0 aliphatic rings. The number of nitrogens with one attached hydrogen (secondary N) is 1. The first-order chi connectivity index (χ1) is 13.7. The SMILES string of the molecule is C[C@H](CCc1ccccc1)Nc1nc(-c2ccccc2F)nc2ccccc12. The van der Waals surface area contributed by atoms with Crippen LogP contribution in [0.15, 0.2) is 78.9 Å². The summed E-state index contributed by atoms with van der Waals surface area (Å²) in [5.41, 5.74) is 2.53. The zero-order chi connectivity index (χ0) is 19.3. The standard InChI is InChI=1S/C24H22FN3/c1-17(15-16-18-9-3-2-4-10-18)26-24-20-12-6-8-14-22(20)27-23(28-24)19-11-5-7-13-21(19)25/h2-14,17H,15-16H2,1H3,(H,26,27,28)/t17-/m1/s1. The van der Waals surface area contributed by atoms with Crippen LogP contribution in [0, 0.1) is 5.82 Å². The first-order valence-electron chi connectivity index (χ1n) is 9.53. The number of aromatic nitrogens is 2. The van der Waals surface area contributed by atoms with Crippen molar-refractivity contribution in [3.8, 4) is 11.4 Å². The van der Waals surface area contributed by atoms with Gasteiger partial charge in [0, 0.05) is 11.4 Å². The fraction of sp³-hybridized carbons (Fsp3) is 0.167. The molecule has 0 aliphatic heterocycles. The maximum atomic E-state index is 14.3. The highest BCUT2D eigenvalue weighted by atomic mass is 19.1. The number of anilines is 1. The number of halogens is 1. The van der Waals surface area contributed by atoms with E-state index in [9.17, 15) is 4.39 Å². The molecule has 1 heterocycles. The van der Waals surface area contributed by atoms with Crippen LogP contribution >= 0.6 is 0 Å². The Kier molecular flexibility index (Phi) is 5.29. The molecule has 1 atom stereocenters. The Morgan fingerprint density at radius 1 is 0.857 bits per heavy atom. The lowest BCUT2D eigenvalue weighted by Gasteiger charge is -2.17. The Morgan fingerprint density at radius 3 is 2.39 bits per heavy atom. The van der Waals surface area contributed by atoms with Crippen LogP contribution in [0.4, 0.5) is 10.2 Å². The van der Waals surface area contributed by atoms with Gasteiger partial charge >= 0.3 is 0 Å². The van der Waals surface area contributed by atoms with Crippen molar-refractivity contribution in [3.63, 3.8) is 0 Å². The van der Waals surface area contributed by atoms with E-state index in [1.165, 1.54) is 11.6 Å². The maximum absolute atomic E-state index is 14.3. The fourth-order valence-electron chi connectivity index (χ4n) is 3.28. The maximum Gasteiger partial charge on any atom is 0.165 e. The zero-order valence-corrected chi connectivity index (χ0v) is 15.8. The van der Waals surface area contributed by atoms with Gasteiger partial charge in [-0.1, -0.05) is 54.6 Å². The van der Waals surface area contributed by atoms with Gasteiger partial charge in [-0.15, -0.1) is 0 Å². The Hall–Kier alpha value is -3.27. The zero-order valence-electron chi connectivity index (χ0n) is 15.8. The van der Waals surface area contributed by atoms with Crippen molar-refractivity contribution in [1.29, 1.82) is 0 Å². The molecule has 140 valence electrons. The predicted octanol–water partition coefficient (Wildman–Crippen LogP) is 5.87. The summed E-state index contributed by atoms with van der Waals surface area (Å²) in [6.07, 6.45) is 1.95. The molecule has 4 heteroatoms. The lowest BCUT2D eigenvalue weighted by atomic mass is 10.1. The molecule has 0 radical (unpaired) electrons. The molecule has 0 spiro atoms. The molecule has 0 saturated heterocycles. The van der Waals surface area contributed by atoms with Crippen LogP contribution in [0.5, 0.6) is 0 Å². The number of aryl methyl sites for hydroxylation is 1. The van der Waals surface area contributed by atoms with Crippen LogP contribution in [0.25, 0.3) is 22.3 Å². The van der Waals surface area contributed by atoms with Gasteiger partial charge in [0.05, 0.1) is 11.1 Å². The molecule has 0 saturated carbocycles. The molecule has 3 aromatic carbocycles. The second-order valence-electron chi connectivity index (χ2n) is 6.96. The Bertz CT molecular complexity index is 1080. The molecule has 4 rings (SSSR count). The van der Waals surface area contributed by atoms with Crippen LogP contribution in [0.3, 0.4) is 0 Å². The van der Waals surface area contributed by atoms with Crippen LogP contribution in [0.1, 0.15) is 18.9 Å². The van der Waals surface area contributed by atoms with E-state index in [-0.39, 0.29) is 11.9 Å². The number of benzene rings is 3. The molecule has 4 aromatic rings. The highest BCUT2D eigenvalue weighted by molar-refractivity contribution is 5.90. The molecule has 0 aliphatic carbocycles. The van der Waals surface area contributed by atoms with Gasteiger partial charge in [-0.25, -0.2) is 14.4 Å². The van der Waals surface area contributed by atoms with Gasteiger partial charge in [0.15, 0.2) is 5.82 Å². The van der Waals surface area contributed by atoms with Crippen LogP contribution in [-0.2, 0) is 6.42 Å². The van der Waals surface area contributed by atoms with E-state index in [1.807, 2.05) is 30.3 Å². The van der Waals surface area contributed by atoms with E-state index in [0.29, 0.717) is 11.4 Å². The van der Waals surface area contributed by atoms with E-state index in [1.54, 1.807) is 18.2 Å². The number of hydrogen-bond donors (Lipinski definition) is 1. The number of fused-ring (bicyclic) bond motifs is 1. The normalized spacial score (nSPS) is 12.1. The molecule has 1 N–H and O–H groups in total. The van der Waals surface area contributed by atoms with E-state index < -0.39 is 0 Å². The van der Waals surface area contributed by atoms with Crippen molar-refractivity contribution in [3.05, 3.63) is 90.2 Å². The number of para-hydroxylation sites is 1. The van der Waals surface area contributed by atoms with Crippen LogP contribution in [0.2, 0.25) is 0 Å². The van der Waals surface area contributed by atoms with E-state index in [0.717, 1.165) is 29.6 Å². The van der Waals surface area contributed by atoms with E-state index in [4.69, 9.17) is 0 Å². The molecule has 0 unspecified atom stereocenters. The average Bonchev–Trinajstić information content (AvgIpc) is 2.73. The van der Waals surface area contributed by atoms with Crippen molar-refractivity contribution in [2.75, 3.05) is 5.32 Å². The minimum Gasteiger partial charge on any atom is -0.367 e. The third-order valence-electron chi connectivity index (χ3n) is 4.81. The van der Waals surface area contributed by atoms with Gasteiger partial charge in [-0.05, 0) is 49.6 Å². The molecule has 0 amide bonds. The summed E-state index contributed by atoms with van der Waals surface area (Å²) >= 11 is 0. The number of rotatable bonds is 6. The molecule has 0 fully saturated rings. The van der Waals surface area contributed by atoms with Crippen LogP contribution < -0.4 is 5.32 Å². The lowest BCUT2D eigenvalue weighted by Crippen LogP contribution is -2.17. The molecule has 0 bridgehead atoms. The van der Waals surface area contributed by atoms with Crippen molar-refractivity contribution < 1.29 is 4.39 Å². The second kappa shape index (κ2) is 8.17. The molecule has 1 aromatic heterocycles. The monoisotopic (exact) mass is 371 g/mol. The van der Waals surface area contributed by atoms with Crippen molar-refractivity contribution in [2.24, 2.45) is 0 Å². The summed E-state index contributed by atoms with van der Waals surface area (Å²) in [5, 5.41) is 4.45. The summed E-state index contributed by atoms with van der Waals surface area (Å²) in [6.45, 7) is 2.14. The van der Waals surface area contributed by atoms with Gasteiger partial charge in [0.1, 0.15) is 11.6 Å². The van der Waals surface area contributed by atoms with Gasteiger partial charge in [0.25, 0.3) is 0 Å².